The summed E-state index contributed by atoms with van der Waals surface area (Å²) in [6.45, 7) is 0. The molecule has 0 heterocycles. The minimum absolute atomic E-state index is 0.210. The normalized spacial score (nSPS) is 11.6. The van der Waals surface area contributed by atoms with E-state index in [4.69, 9.17) is 10.5 Å². The van der Waals surface area contributed by atoms with Crippen molar-refractivity contribution < 1.29 is 18.7 Å². The second-order valence-electron chi connectivity index (χ2n) is 5.71. The zero-order valence-corrected chi connectivity index (χ0v) is 14.2. The molecule has 2 amide bonds. The Balaban J connectivity index is 2.06. The zero-order valence-electron chi connectivity index (χ0n) is 14.2. The van der Waals surface area contributed by atoms with Gasteiger partial charge >= 0.3 is 0 Å². The lowest BCUT2D eigenvalue weighted by atomic mass is 10.0. The number of primary amides is 1. The van der Waals surface area contributed by atoms with Crippen LogP contribution in [0.4, 0.5) is 4.39 Å². The third-order valence-corrected chi connectivity index (χ3v) is 4.00. The first-order valence-electron chi connectivity index (χ1n) is 7.85. The van der Waals surface area contributed by atoms with Crippen molar-refractivity contribution in [2.45, 2.75) is 18.9 Å². The zero-order chi connectivity index (χ0) is 18.4. The van der Waals surface area contributed by atoms with Crippen LogP contribution in [0.25, 0.3) is 0 Å². The molecule has 1 unspecified atom stereocenters. The molecule has 2 N–H and O–H groups in total. The maximum Gasteiger partial charge on any atom is 0.244 e. The summed E-state index contributed by atoms with van der Waals surface area (Å²) in [6, 6.07) is 11.9. The molecule has 2 aromatic carbocycles. The van der Waals surface area contributed by atoms with Gasteiger partial charge in [-0.2, -0.15) is 0 Å². The molecular formula is C19H21FN2O3. The van der Waals surface area contributed by atoms with Crippen molar-refractivity contribution in [3.05, 3.63) is 65.5 Å². The molecule has 0 aliphatic carbocycles. The van der Waals surface area contributed by atoms with Gasteiger partial charge in [0.15, 0.2) is 0 Å². The molecule has 0 aliphatic rings. The van der Waals surface area contributed by atoms with Gasteiger partial charge in [-0.15, -0.1) is 0 Å². The second kappa shape index (κ2) is 8.28. The Kier molecular flexibility index (Phi) is 6.11. The lowest BCUT2D eigenvalue weighted by Gasteiger charge is -2.26. The first-order chi connectivity index (χ1) is 11.9. The number of halogens is 1. The average molecular weight is 344 g/mol. The summed E-state index contributed by atoms with van der Waals surface area (Å²) in [7, 11) is 3.08. The Morgan fingerprint density at radius 2 is 1.88 bits per heavy atom. The molecule has 2 rings (SSSR count). The SMILES string of the molecule is COc1ccc(CCC(=O)N(C)C(C(N)=O)c2cccc(F)c2)cc1. The molecule has 5 nitrogen and oxygen atoms in total. The molecular weight excluding hydrogens is 323 g/mol. The van der Waals surface area contributed by atoms with Crippen molar-refractivity contribution in [1.82, 2.24) is 4.90 Å². The van der Waals surface area contributed by atoms with Crippen LogP contribution in [0.3, 0.4) is 0 Å². The minimum atomic E-state index is -1.00. The number of rotatable bonds is 7. The highest BCUT2D eigenvalue weighted by Crippen LogP contribution is 2.21. The Morgan fingerprint density at radius 1 is 1.20 bits per heavy atom. The number of likely N-dealkylation sites (N-methyl/N-ethyl adjacent to an activating group) is 1. The number of carbonyl (C=O) groups is 2. The van der Waals surface area contributed by atoms with Gasteiger partial charge < -0.3 is 15.4 Å². The van der Waals surface area contributed by atoms with E-state index >= 15 is 0 Å². The molecule has 0 aromatic heterocycles. The molecule has 0 spiro atoms. The van der Waals surface area contributed by atoms with Gasteiger partial charge in [-0.3, -0.25) is 9.59 Å². The molecule has 25 heavy (non-hydrogen) atoms. The fraction of sp³-hybridized carbons (Fsp3) is 0.263. The maximum atomic E-state index is 13.4. The van der Waals surface area contributed by atoms with Crippen LogP contribution in [0.2, 0.25) is 0 Å². The van der Waals surface area contributed by atoms with Crippen LogP contribution in [0, 0.1) is 5.82 Å². The monoisotopic (exact) mass is 344 g/mol. The molecule has 6 heteroatoms. The van der Waals surface area contributed by atoms with Crippen molar-refractivity contribution >= 4 is 11.8 Å². The van der Waals surface area contributed by atoms with E-state index in [2.05, 4.69) is 0 Å². The summed E-state index contributed by atoms with van der Waals surface area (Å²) in [6.07, 6.45) is 0.726. The summed E-state index contributed by atoms with van der Waals surface area (Å²) in [5, 5.41) is 0. The number of nitrogens with two attached hydrogens (primary N) is 1. The highest BCUT2D eigenvalue weighted by molar-refractivity contribution is 5.87. The molecule has 0 saturated heterocycles. The third-order valence-electron chi connectivity index (χ3n) is 4.00. The van der Waals surface area contributed by atoms with Crippen LogP contribution in [-0.4, -0.2) is 30.9 Å². The highest BCUT2D eigenvalue weighted by Gasteiger charge is 2.26. The van der Waals surface area contributed by atoms with E-state index in [0.29, 0.717) is 12.0 Å². The number of nitrogens with zero attached hydrogens (tertiary/aromatic N) is 1. The largest absolute Gasteiger partial charge is 0.497 e. The number of ether oxygens (including phenoxy) is 1. The minimum Gasteiger partial charge on any atom is -0.497 e. The molecule has 0 bridgehead atoms. The highest BCUT2D eigenvalue weighted by atomic mass is 19.1. The van der Waals surface area contributed by atoms with Gasteiger partial charge in [0.25, 0.3) is 0 Å². The number of aryl methyl sites for hydroxylation is 1. The van der Waals surface area contributed by atoms with Crippen LogP contribution in [0.15, 0.2) is 48.5 Å². The Bertz CT molecular complexity index is 747. The smallest absolute Gasteiger partial charge is 0.244 e. The van der Waals surface area contributed by atoms with Crippen LogP contribution in [0.5, 0.6) is 5.75 Å². The van der Waals surface area contributed by atoms with Crippen molar-refractivity contribution in [2.24, 2.45) is 5.73 Å². The number of methoxy groups -OCH3 is 1. The van der Waals surface area contributed by atoms with Gasteiger partial charge in [-0.25, -0.2) is 4.39 Å². The van der Waals surface area contributed by atoms with E-state index < -0.39 is 17.8 Å². The van der Waals surface area contributed by atoms with Crippen molar-refractivity contribution in [3.8, 4) is 5.75 Å². The third kappa shape index (κ3) is 4.79. The summed E-state index contributed by atoms with van der Waals surface area (Å²) in [4.78, 5) is 25.5. The molecule has 0 saturated carbocycles. The standard InChI is InChI=1S/C19H21FN2O3/c1-22(18(19(21)24)14-4-3-5-15(20)12-14)17(23)11-8-13-6-9-16(25-2)10-7-13/h3-7,9-10,12,18H,8,11H2,1-2H3,(H2,21,24). The summed E-state index contributed by atoms with van der Waals surface area (Å²) < 4.78 is 18.5. The topological polar surface area (TPSA) is 72.6 Å². The molecule has 0 fully saturated rings. The quantitative estimate of drug-likeness (QED) is 0.838. The van der Waals surface area contributed by atoms with Gasteiger partial charge in [-0.1, -0.05) is 24.3 Å². The van der Waals surface area contributed by atoms with Crippen molar-refractivity contribution in [3.63, 3.8) is 0 Å². The predicted molar refractivity (Wildman–Crippen MR) is 92.4 cm³/mol. The van der Waals surface area contributed by atoms with Gasteiger partial charge in [0.05, 0.1) is 7.11 Å². The van der Waals surface area contributed by atoms with Gasteiger partial charge in [-0.05, 0) is 41.8 Å². The lowest BCUT2D eigenvalue weighted by molar-refractivity contribution is -0.138. The number of hydrogen-bond donors (Lipinski definition) is 1. The first kappa shape index (κ1) is 18.4. The first-order valence-corrected chi connectivity index (χ1v) is 7.85. The van der Waals surface area contributed by atoms with E-state index in [1.807, 2.05) is 24.3 Å². The fourth-order valence-corrected chi connectivity index (χ4v) is 2.62. The Morgan fingerprint density at radius 3 is 2.44 bits per heavy atom. The van der Waals surface area contributed by atoms with Crippen LogP contribution < -0.4 is 10.5 Å². The van der Waals surface area contributed by atoms with Crippen LogP contribution in [0.1, 0.15) is 23.6 Å². The van der Waals surface area contributed by atoms with Crippen LogP contribution >= 0.6 is 0 Å². The number of benzene rings is 2. The number of carbonyl (C=O) groups excluding carboxylic acids is 2. The Labute approximate surface area is 146 Å². The van der Waals surface area contributed by atoms with E-state index in [1.54, 1.807) is 13.2 Å². The second-order valence-corrected chi connectivity index (χ2v) is 5.71. The van der Waals surface area contributed by atoms with Crippen molar-refractivity contribution in [2.75, 3.05) is 14.2 Å². The average Bonchev–Trinajstić information content (AvgIpc) is 2.60. The fourth-order valence-electron chi connectivity index (χ4n) is 2.62. The van der Waals surface area contributed by atoms with Gasteiger partial charge in [0.1, 0.15) is 17.6 Å². The maximum absolute atomic E-state index is 13.4. The van der Waals surface area contributed by atoms with Crippen molar-refractivity contribution in [1.29, 1.82) is 0 Å². The van der Waals surface area contributed by atoms with E-state index in [-0.39, 0.29) is 12.3 Å². The summed E-state index contributed by atoms with van der Waals surface area (Å²) in [5.41, 5.74) is 6.76. The number of amides is 2. The van der Waals surface area contributed by atoms with E-state index in [9.17, 15) is 14.0 Å². The predicted octanol–water partition coefficient (Wildman–Crippen LogP) is 2.45. The molecule has 2 aromatic rings. The molecule has 132 valence electrons. The molecule has 0 radical (unpaired) electrons. The number of hydrogen-bond acceptors (Lipinski definition) is 3. The lowest BCUT2D eigenvalue weighted by Crippen LogP contribution is -2.39. The van der Waals surface area contributed by atoms with E-state index in [0.717, 1.165) is 11.3 Å². The molecule has 1 atom stereocenters. The molecule has 0 aliphatic heterocycles. The van der Waals surface area contributed by atoms with Gasteiger partial charge in [0, 0.05) is 13.5 Å². The van der Waals surface area contributed by atoms with Crippen LogP contribution in [-0.2, 0) is 16.0 Å². The van der Waals surface area contributed by atoms with E-state index in [1.165, 1.54) is 30.1 Å². The summed E-state index contributed by atoms with van der Waals surface area (Å²) in [5.74, 6) is -0.690. The Hall–Kier alpha value is -2.89. The summed E-state index contributed by atoms with van der Waals surface area (Å²) >= 11 is 0. The van der Waals surface area contributed by atoms with Gasteiger partial charge in [0.2, 0.25) is 11.8 Å².